The molecular weight excluding hydrogens is 204 g/mol. The molecule has 2 N–H and O–H groups in total. The van der Waals surface area contributed by atoms with Gasteiger partial charge < -0.3 is 10.6 Å². The first kappa shape index (κ1) is 13.0. The van der Waals surface area contributed by atoms with Crippen LogP contribution in [-0.2, 0) is 9.59 Å². The largest absolute Gasteiger partial charge is 0.355 e. The van der Waals surface area contributed by atoms with Crippen molar-refractivity contribution in [1.29, 1.82) is 0 Å². The van der Waals surface area contributed by atoms with E-state index in [1.54, 1.807) is 0 Å². The van der Waals surface area contributed by atoms with Crippen LogP contribution in [0.3, 0.4) is 0 Å². The number of rotatable bonds is 5. The summed E-state index contributed by atoms with van der Waals surface area (Å²) in [5, 5.41) is 5.65. The topological polar surface area (TPSA) is 58.2 Å². The van der Waals surface area contributed by atoms with Gasteiger partial charge in [0.15, 0.2) is 0 Å². The van der Waals surface area contributed by atoms with E-state index < -0.39 is 5.41 Å². The van der Waals surface area contributed by atoms with E-state index in [-0.39, 0.29) is 17.9 Å². The Labute approximate surface area is 97.2 Å². The monoisotopic (exact) mass is 226 g/mol. The van der Waals surface area contributed by atoms with Gasteiger partial charge in [-0.25, -0.2) is 0 Å². The fourth-order valence-corrected chi connectivity index (χ4v) is 1.55. The van der Waals surface area contributed by atoms with Gasteiger partial charge >= 0.3 is 0 Å². The summed E-state index contributed by atoms with van der Waals surface area (Å²) < 4.78 is 0. The van der Waals surface area contributed by atoms with Crippen molar-refractivity contribution in [2.75, 3.05) is 6.54 Å². The molecule has 2 amide bonds. The summed E-state index contributed by atoms with van der Waals surface area (Å²) in [4.78, 5) is 23.7. The van der Waals surface area contributed by atoms with Crippen LogP contribution in [0.1, 0.15) is 40.5 Å². The summed E-state index contributed by atoms with van der Waals surface area (Å²) in [5.41, 5.74) is -0.765. The molecule has 0 bridgehead atoms. The molecule has 4 heteroatoms. The second-order valence-electron chi connectivity index (χ2n) is 5.31. The maximum absolute atomic E-state index is 11.9. The number of hydrogen-bond donors (Lipinski definition) is 2. The van der Waals surface area contributed by atoms with Crippen LogP contribution in [0.15, 0.2) is 0 Å². The van der Waals surface area contributed by atoms with Crippen molar-refractivity contribution in [3.8, 4) is 0 Å². The van der Waals surface area contributed by atoms with Crippen LogP contribution in [0.25, 0.3) is 0 Å². The molecule has 16 heavy (non-hydrogen) atoms. The van der Waals surface area contributed by atoms with Crippen LogP contribution in [-0.4, -0.2) is 24.4 Å². The summed E-state index contributed by atoms with van der Waals surface area (Å²) in [6, 6.07) is 0.0860. The van der Waals surface area contributed by atoms with Gasteiger partial charge in [0.25, 0.3) is 0 Å². The standard InChI is InChI=1S/C12H22N2O2/c1-8(2)7-13-10(15)12(5-6-12)11(16)14-9(3)4/h8-9H,5-7H2,1-4H3,(H,13,15)(H,14,16). The Bertz CT molecular complexity index is 281. The Morgan fingerprint density at radius 2 is 1.69 bits per heavy atom. The summed E-state index contributed by atoms with van der Waals surface area (Å²) in [5.74, 6) is 0.177. The van der Waals surface area contributed by atoms with Gasteiger partial charge in [0.1, 0.15) is 5.41 Å². The first-order valence-corrected chi connectivity index (χ1v) is 5.98. The Kier molecular flexibility index (Phi) is 3.94. The molecule has 0 radical (unpaired) electrons. The van der Waals surface area contributed by atoms with E-state index in [2.05, 4.69) is 10.6 Å². The Morgan fingerprint density at radius 3 is 2.06 bits per heavy atom. The molecular formula is C12H22N2O2. The van der Waals surface area contributed by atoms with Gasteiger partial charge in [-0.05, 0) is 32.6 Å². The third kappa shape index (κ3) is 2.97. The van der Waals surface area contributed by atoms with Crippen molar-refractivity contribution in [3.05, 3.63) is 0 Å². The zero-order valence-electron chi connectivity index (χ0n) is 10.6. The first-order chi connectivity index (χ1) is 7.38. The van der Waals surface area contributed by atoms with Gasteiger partial charge in [0.2, 0.25) is 11.8 Å². The van der Waals surface area contributed by atoms with Gasteiger partial charge in [-0.2, -0.15) is 0 Å². The van der Waals surface area contributed by atoms with E-state index in [9.17, 15) is 9.59 Å². The fourth-order valence-electron chi connectivity index (χ4n) is 1.55. The Balaban J connectivity index is 2.50. The lowest BCUT2D eigenvalue weighted by Crippen LogP contribution is -2.45. The zero-order valence-corrected chi connectivity index (χ0v) is 10.6. The van der Waals surface area contributed by atoms with E-state index in [1.807, 2.05) is 27.7 Å². The molecule has 0 heterocycles. The van der Waals surface area contributed by atoms with Crippen LogP contribution in [0.4, 0.5) is 0 Å². The molecule has 1 rings (SSSR count). The van der Waals surface area contributed by atoms with Crippen molar-refractivity contribution < 1.29 is 9.59 Å². The zero-order chi connectivity index (χ0) is 12.3. The predicted molar refractivity (Wildman–Crippen MR) is 62.8 cm³/mol. The highest BCUT2D eigenvalue weighted by Gasteiger charge is 2.56. The average molecular weight is 226 g/mol. The maximum atomic E-state index is 11.9. The van der Waals surface area contributed by atoms with E-state index in [0.29, 0.717) is 25.3 Å². The van der Waals surface area contributed by atoms with Crippen LogP contribution < -0.4 is 10.6 Å². The van der Waals surface area contributed by atoms with Gasteiger partial charge in [0, 0.05) is 12.6 Å². The van der Waals surface area contributed by atoms with E-state index in [1.165, 1.54) is 0 Å². The highest BCUT2D eigenvalue weighted by molar-refractivity contribution is 6.07. The van der Waals surface area contributed by atoms with Crippen molar-refractivity contribution in [2.45, 2.75) is 46.6 Å². The van der Waals surface area contributed by atoms with E-state index >= 15 is 0 Å². The van der Waals surface area contributed by atoms with Gasteiger partial charge in [-0.15, -0.1) is 0 Å². The molecule has 0 aromatic heterocycles. The fraction of sp³-hybridized carbons (Fsp3) is 0.833. The molecule has 92 valence electrons. The Hall–Kier alpha value is -1.06. The third-order valence-electron chi connectivity index (χ3n) is 2.71. The van der Waals surface area contributed by atoms with Gasteiger partial charge in [0.05, 0.1) is 0 Å². The number of hydrogen-bond acceptors (Lipinski definition) is 2. The van der Waals surface area contributed by atoms with Crippen molar-refractivity contribution in [2.24, 2.45) is 11.3 Å². The molecule has 4 nitrogen and oxygen atoms in total. The van der Waals surface area contributed by atoms with Crippen LogP contribution >= 0.6 is 0 Å². The molecule has 0 atom stereocenters. The van der Waals surface area contributed by atoms with Gasteiger partial charge in [-0.1, -0.05) is 13.8 Å². The number of nitrogens with one attached hydrogen (secondary N) is 2. The summed E-state index contributed by atoms with van der Waals surface area (Å²) in [6.07, 6.45) is 1.35. The van der Waals surface area contributed by atoms with Crippen LogP contribution in [0, 0.1) is 11.3 Å². The van der Waals surface area contributed by atoms with E-state index in [0.717, 1.165) is 0 Å². The molecule has 0 aliphatic heterocycles. The van der Waals surface area contributed by atoms with Crippen LogP contribution in [0.2, 0.25) is 0 Å². The minimum absolute atomic E-state index is 0.0860. The maximum Gasteiger partial charge on any atom is 0.235 e. The molecule has 1 saturated carbocycles. The predicted octanol–water partition coefficient (Wildman–Crippen LogP) is 1.06. The molecule has 1 aliphatic rings. The minimum Gasteiger partial charge on any atom is -0.355 e. The highest BCUT2D eigenvalue weighted by atomic mass is 16.2. The second-order valence-corrected chi connectivity index (χ2v) is 5.31. The minimum atomic E-state index is -0.765. The highest BCUT2D eigenvalue weighted by Crippen LogP contribution is 2.46. The van der Waals surface area contributed by atoms with Crippen LogP contribution in [0.5, 0.6) is 0 Å². The lowest BCUT2D eigenvalue weighted by atomic mass is 10.0. The quantitative estimate of drug-likeness (QED) is 0.689. The summed E-state index contributed by atoms with van der Waals surface area (Å²) in [6.45, 7) is 8.51. The number of amides is 2. The summed E-state index contributed by atoms with van der Waals surface area (Å²) in [7, 11) is 0. The number of carbonyl (C=O) groups is 2. The number of carbonyl (C=O) groups excluding carboxylic acids is 2. The third-order valence-corrected chi connectivity index (χ3v) is 2.71. The molecule has 1 aliphatic carbocycles. The average Bonchev–Trinajstić information content (AvgIpc) is 2.93. The lowest BCUT2D eigenvalue weighted by Gasteiger charge is -2.17. The summed E-state index contributed by atoms with van der Waals surface area (Å²) >= 11 is 0. The molecule has 1 fully saturated rings. The van der Waals surface area contributed by atoms with Crippen molar-refractivity contribution in [1.82, 2.24) is 10.6 Å². The van der Waals surface area contributed by atoms with E-state index in [4.69, 9.17) is 0 Å². The second kappa shape index (κ2) is 4.85. The molecule has 0 aromatic rings. The SMILES string of the molecule is CC(C)CNC(=O)C1(C(=O)NC(C)C)CC1. The van der Waals surface area contributed by atoms with Gasteiger partial charge in [-0.3, -0.25) is 9.59 Å². The van der Waals surface area contributed by atoms with Crippen molar-refractivity contribution >= 4 is 11.8 Å². The molecule has 0 aromatic carbocycles. The molecule has 0 spiro atoms. The first-order valence-electron chi connectivity index (χ1n) is 5.98. The Morgan fingerprint density at radius 1 is 1.12 bits per heavy atom. The normalized spacial score (nSPS) is 17.4. The van der Waals surface area contributed by atoms with Crippen molar-refractivity contribution in [3.63, 3.8) is 0 Å². The smallest absolute Gasteiger partial charge is 0.235 e. The molecule has 0 unspecified atom stereocenters. The molecule has 0 saturated heterocycles. The lowest BCUT2D eigenvalue weighted by molar-refractivity contribution is -0.137.